The lowest BCUT2D eigenvalue weighted by Crippen LogP contribution is -2.22. The minimum absolute atomic E-state index is 0.0349. The summed E-state index contributed by atoms with van der Waals surface area (Å²) in [5, 5.41) is 17.3. The number of nitro benzene ring substituents is 1. The summed E-state index contributed by atoms with van der Waals surface area (Å²) in [6.07, 6.45) is 2.52. The maximum absolute atomic E-state index is 13.3. The Morgan fingerprint density at radius 1 is 1.14 bits per heavy atom. The van der Waals surface area contributed by atoms with Crippen LogP contribution in [0.4, 0.5) is 5.69 Å². The fourth-order valence-corrected chi connectivity index (χ4v) is 4.50. The van der Waals surface area contributed by atoms with Crippen LogP contribution in [0.3, 0.4) is 0 Å². The molecule has 0 saturated carbocycles. The predicted molar refractivity (Wildman–Crippen MR) is 150 cm³/mol. The summed E-state index contributed by atoms with van der Waals surface area (Å²) >= 11 is 21.6. The van der Waals surface area contributed by atoms with Gasteiger partial charge in [-0.2, -0.15) is 9.78 Å². The van der Waals surface area contributed by atoms with Crippen LogP contribution in [0.1, 0.15) is 30.3 Å². The lowest BCUT2D eigenvalue weighted by Gasteiger charge is -2.12. The Morgan fingerprint density at radius 3 is 2.62 bits per heavy atom. The van der Waals surface area contributed by atoms with E-state index in [0.717, 1.165) is 10.9 Å². The number of halogens is 4. The number of fused-ring (bicyclic) bond motifs is 1. The molecule has 0 N–H and O–H groups in total. The normalized spacial score (nSPS) is 11.4. The topological polar surface area (TPSA) is 99.6 Å². The Hall–Kier alpha value is -2.98. The minimum atomic E-state index is -0.600. The lowest BCUT2D eigenvalue weighted by molar-refractivity contribution is -0.385. The van der Waals surface area contributed by atoms with Crippen molar-refractivity contribution in [2.45, 2.75) is 26.4 Å². The van der Waals surface area contributed by atoms with Crippen molar-refractivity contribution in [1.82, 2.24) is 9.66 Å². The molecule has 0 amide bonds. The van der Waals surface area contributed by atoms with Gasteiger partial charge in [0.05, 0.1) is 32.1 Å². The number of benzene rings is 3. The van der Waals surface area contributed by atoms with E-state index in [4.69, 9.17) is 39.5 Å². The van der Waals surface area contributed by atoms with E-state index < -0.39 is 4.92 Å². The molecule has 0 aliphatic rings. The molecule has 4 rings (SSSR count). The molecule has 0 unspecified atom stereocenters. The Kier molecular flexibility index (Phi) is 8.49. The second kappa shape index (κ2) is 11.6. The first kappa shape index (κ1) is 27.1. The van der Waals surface area contributed by atoms with Crippen molar-refractivity contribution in [2.75, 3.05) is 0 Å². The maximum Gasteiger partial charge on any atom is 0.313 e. The molecule has 0 saturated heterocycles. The summed E-state index contributed by atoms with van der Waals surface area (Å²) < 4.78 is 7.76. The summed E-state index contributed by atoms with van der Waals surface area (Å²) in [6, 6.07) is 12.8. The molecule has 0 spiro atoms. The van der Waals surface area contributed by atoms with Gasteiger partial charge in [0.1, 0.15) is 12.4 Å². The van der Waals surface area contributed by atoms with Crippen molar-refractivity contribution in [1.29, 1.82) is 0 Å². The molecule has 0 bridgehead atoms. The van der Waals surface area contributed by atoms with E-state index in [0.29, 0.717) is 38.8 Å². The summed E-state index contributed by atoms with van der Waals surface area (Å²) in [5.41, 5.74) is 0.680. The molecule has 0 radical (unpaired) electrons. The Labute approximate surface area is 234 Å². The average molecular weight is 625 g/mol. The highest BCUT2D eigenvalue weighted by Gasteiger charge is 2.21. The van der Waals surface area contributed by atoms with Crippen LogP contribution < -0.4 is 10.3 Å². The third-order valence-electron chi connectivity index (χ3n) is 5.29. The second-order valence-corrected chi connectivity index (χ2v) is 10.1. The van der Waals surface area contributed by atoms with Crippen molar-refractivity contribution in [3.63, 3.8) is 0 Å². The van der Waals surface area contributed by atoms with Gasteiger partial charge in [-0.3, -0.25) is 14.9 Å². The molecule has 0 aliphatic carbocycles. The average Bonchev–Trinajstić information content (AvgIpc) is 2.85. The van der Waals surface area contributed by atoms with Gasteiger partial charge in [0, 0.05) is 27.5 Å². The molecule has 37 heavy (non-hydrogen) atoms. The molecule has 0 atom stereocenters. The minimum Gasteiger partial charge on any atom is -0.481 e. The standard InChI is InChI=1S/C25H18BrCl3N4O4/c1-2-3-23-31-21-7-5-16(26)10-18(21)25(34)32(23)30-12-15-9-17(27)11-22(33(35)36)24(15)37-13-14-4-6-19(28)20(29)8-14/h4-12H,2-3,13H2,1H3. The van der Waals surface area contributed by atoms with Crippen LogP contribution in [-0.4, -0.2) is 20.8 Å². The molecule has 12 heteroatoms. The lowest BCUT2D eigenvalue weighted by atomic mass is 10.2. The van der Waals surface area contributed by atoms with Gasteiger partial charge < -0.3 is 4.74 Å². The second-order valence-electron chi connectivity index (χ2n) is 7.94. The number of hydrogen-bond acceptors (Lipinski definition) is 6. The quantitative estimate of drug-likeness (QED) is 0.115. The smallest absolute Gasteiger partial charge is 0.313 e. The number of rotatable bonds is 8. The van der Waals surface area contributed by atoms with Crippen LogP contribution in [0.2, 0.25) is 15.1 Å². The first-order chi connectivity index (χ1) is 17.7. The van der Waals surface area contributed by atoms with Gasteiger partial charge >= 0.3 is 5.69 Å². The van der Waals surface area contributed by atoms with E-state index in [2.05, 4.69) is 26.0 Å². The monoisotopic (exact) mass is 622 g/mol. The van der Waals surface area contributed by atoms with E-state index in [1.54, 1.807) is 36.4 Å². The van der Waals surface area contributed by atoms with E-state index in [-0.39, 0.29) is 34.2 Å². The third-order valence-corrected chi connectivity index (χ3v) is 6.74. The van der Waals surface area contributed by atoms with E-state index in [1.807, 2.05) is 6.92 Å². The van der Waals surface area contributed by atoms with E-state index in [1.165, 1.54) is 23.0 Å². The Morgan fingerprint density at radius 2 is 1.92 bits per heavy atom. The predicted octanol–water partition coefficient (Wildman–Crippen LogP) is 7.44. The van der Waals surface area contributed by atoms with Gasteiger partial charge in [0.15, 0.2) is 0 Å². The zero-order valence-electron chi connectivity index (χ0n) is 19.3. The third kappa shape index (κ3) is 6.13. The van der Waals surface area contributed by atoms with Crippen LogP contribution in [0.25, 0.3) is 10.9 Å². The first-order valence-corrected chi connectivity index (χ1v) is 12.9. The SMILES string of the molecule is CCCc1nc2ccc(Br)cc2c(=O)n1N=Cc1cc(Cl)cc([N+](=O)[O-])c1OCc1ccc(Cl)c(Cl)c1. The zero-order valence-corrected chi connectivity index (χ0v) is 23.1. The molecule has 0 fully saturated rings. The fraction of sp³-hybridized carbons (Fsp3) is 0.160. The molecule has 8 nitrogen and oxygen atoms in total. The molecule has 1 aromatic heterocycles. The summed E-state index contributed by atoms with van der Waals surface area (Å²) in [7, 11) is 0. The van der Waals surface area contributed by atoms with Crippen molar-refractivity contribution < 1.29 is 9.66 Å². The van der Waals surface area contributed by atoms with Crippen LogP contribution in [0.15, 0.2) is 62.9 Å². The first-order valence-electron chi connectivity index (χ1n) is 11.0. The molecular formula is C25H18BrCl3N4O4. The van der Waals surface area contributed by atoms with Crippen molar-refractivity contribution in [3.05, 3.63) is 105 Å². The van der Waals surface area contributed by atoms with Crippen molar-refractivity contribution in [2.24, 2.45) is 5.10 Å². The molecule has 1 heterocycles. The van der Waals surface area contributed by atoms with Gasteiger partial charge in [-0.1, -0.05) is 63.7 Å². The highest BCUT2D eigenvalue weighted by atomic mass is 79.9. The largest absolute Gasteiger partial charge is 0.481 e. The number of nitro groups is 1. The summed E-state index contributed by atoms with van der Waals surface area (Å²) in [6.45, 7) is 1.92. The van der Waals surface area contributed by atoms with E-state index in [9.17, 15) is 14.9 Å². The van der Waals surface area contributed by atoms with Gasteiger partial charge in [-0.05, 0) is 48.4 Å². The molecule has 0 aliphatic heterocycles. The molecule has 190 valence electrons. The van der Waals surface area contributed by atoms with Crippen molar-refractivity contribution >= 4 is 73.5 Å². The number of nitrogens with zero attached hydrogens (tertiary/aromatic N) is 4. The van der Waals surface area contributed by atoms with Gasteiger partial charge in [-0.25, -0.2) is 4.98 Å². The van der Waals surface area contributed by atoms with Gasteiger partial charge in [-0.15, -0.1) is 0 Å². The Bertz CT molecular complexity index is 1610. The van der Waals surface area contributed by atoms with Gasteiger partial charge in [0.2, 0.25) is 5.75 Å². The molecular weight excluding hydrogens is 607 g/mol. The van der Waals surface area contributed by atoms with Crippen LogP contribution in [-0.2, 0) is 13.0 Å². The maximum atomic E-state index is 13.3. The fourth-order valence-electron chi connectivity index (χ4n) is 3.59. The highest BCUT2D eigenvalue weighted by Crippen LogP contribution is 2.35. The van der Waals surface area contributed by atoms with Crippen LogP contribution in [0.5, 0.6) is 5.75 Å². The number of hydrogen-bond donors (Lipinski definition) is 0. The van der Waals surface area contributed by atoms with Crippen LogP contribution in [0, 0.1) is 10.1 Å². The number of aryl methyl sites for hydroxylation is 1. The zero-order chi connectivity index (χ0) is 26.7. The van der Waals surface area contributed by atoms with Gasteiger partial charge in [0.25, 0.3) is 5.56 Å². The van der Waals surface area contributed by atoms with E-state index >= 15 is 0 Å². The number of ether oxygens (including phenoxy) is 1. The summed E-state index contributed by atoms with van der Waals surface area (Å²) in [4.78, 5) is 29.1. The number of aromatic nitrogens is 2. The molecule has 3 aromatic carbocycles. The Balaban J connectivity index is 1.80. The highest BCUT2D eigenvalue weighted by molar-refractivity contribution is 9.10. The molecule has 4 aromatic rings. The summed E-state index contributed by atoms with van der Waals surface area (Å²) in [5.74, 6) is 0.388. The van der Waals surface area contributed by atoms with Crippen molar-refractivity contribution in [3.8, 4) is 5.75 Å². The van der Waals surface area contributed by atoms with Crippen LogP contribution >= 0.6 is 50.7 Å².